The number of aromatic amines is 1. The van der Waals surface area contributed by atoms with Crippen molar-refractivity contribution < 1.29 is 9.53 Å². The van der Waals surface area contributed by atoms with Crippen LogP contribution in [0.15, 0.2) is 47.3 Å². The molecule has 1 N–H and O–H groups in total. The summed E-state index contributed by atoms with van der Waals surface area (Å²) in [5.74, 6) is 0.718. The molecule has 0 saturated carbocycles. The van der Waals surface area contributed by atoms with Gasteiger partial charge in [-0.1, -0.05) is 18.2 Å². The molecule has 1 fully saturated rings. The number of amides is 1. The molecule has 1 aliphatic rings. The lowest BCUT2D eigenvalue weighted by Crippen LogP contribution is -2.42. The number of carbonyl (C=O) groups excluding carboxylic acids is 1. The molecule has 1 aromatic heterocycles. The van der Waals surface area contributed by atoms with Crippen LogP contribution in [0.5, 0.6) is 5.75 Å². The van der Waals surface area contributed by atoms with Gasteiger partial charge in [0.05, 0.1) is 11.0 Å². The summed E-state index contributed by atoms with van der Waals surface area (Å²) in [6.07, 6.45) is 1.52. The molecule has 6 heteroatoms. The Morgan fingerprint density at radius 2 is 1.79 bits per heavy atom. The Hall–Kier alpha value is -3.02. The standard InChI is InChI=1S/C22H25N3O3/c1-15-11-16(2)13-18(12-15)28-14-21(26)24-9-7-17(8-10-24)25-20-6-4-3-5-19(20)23-22(25)27/h3-6,11-13,17H,7-10,14H2,1-2H3,(H,23,27). The molecule has 2 heterocycles. The summed E-state index contributed by atoms with van der Waals surface area (Å²) in [7, 11) is 0. The van der Waals surface area contributed by atoms with Crippen LogP contribution in [-0.2, 0) is 4.79 Å². The largest absolute Gasteiger partial charge is 0.484 e. The van der Waals surface area contributed by atoms with Gasteiger partial charge in [0.1, 0.15) is 5.75 Å². The number of rotatable bonds is 4. The lowest BCUT2D eigenvalue weighted by atomic mass is 10.0. The van der Waals surface area contributed by atoms with Crippen LogP contribution in [0.4, 0.5) is 0 Å². The van der Waals surface area contributed by atoms with Gasteiger partial charge in [-0.25, -0.2) is 4.79 Å². The quantitative estimate of drug-likeness (QED) is 0.757. The van der Waals surface area contributed by atoms with Crippen LogP contribution in [0.25, 0.3) is 11.0 Å². The fourth-order valence-electron chi connectivity index (χ4n) is 4.06. The smallest absolute Gasteiger partial charge is 0.326 e. The third kappa shape index (κ3) is 3.67. The first-order chi connectivity index (χ1) is 13.5. The van der Waals surface area contributed by atoms with Crippen molar-refractivity contribution in [1.82, 2.24) is 14.5 Å². The van der Waals surface area contributed by atoms with E-state index in [0.717, 1.165) is 40.8 Å². The summed E-state index contributed by atoms with van der Waals surface area (Å²) < 4.78 is 7.54. The number of piperidine rings is 1. The number of hydrogen-bond acceptors (Lipinski definition) is 3. The summed E-state index contributed by atoms with van der Waals surface area (Å²) in [5, 5.41) is 0. The van der Waals surface area contributed by atoms with Crippen LogP contribution in [0.2, 0.25) is 0 Å². The molecule has 28 heavy (non-hydrogen) atoms. The SMILES string of the molecule is Cc1cc(C)cc(OCC(=O)N2CCC(n3c(=O)[nH]c4ccccc43)CC2)c1. The molecule has 2 aromatic carbocycles. The molecular weight excluding hydrogens is 354 g/mol. The van der Waals surface area contributed by atoms with Gasteiger partial charge in [-0.3, -0.25) is 9.36 Å². The van der Waals surface area contributed by atoms with Crippen LogP contribution < -0.4 is 10.4 Å². The molecule has 4 rings (SSSR count). The Morgan fingerprint density at radius 3 is 2.50 bits per heavy atom. The summed E-state index contributed by atoms with van der Waals surface area (Å²) in [5.41, 5.74) is 3.94. The third-order valence-corrected chi connectivity index (χ3v) is 5.36. The molecule has 0 bridgehead atoms. The number of carbonyl (C=O) groups is 1. The average molecular weight is 379 g/mol. The number of likely N-dealkylation sites (tertiary alicyclic amines) is 1. The predicted octanol–water partition coefficient (Wildman–Crippen LogP) is 3.19. The molecule has 0 spiro atoms. The van der Waals surface area contributed by atoms with Crippen molar-refractivity contribution >= 4 is 16.9 Å². The van der Waals surface area contributed by atoms with Crippen molar-refractivity contribution in [1.29, 1.82) is 0 Å². The van der Waals surface area contributed by atoms with Gasteiger partial charge in [-0.15, -0.1) is 0 Å². The van der Waals surface area contributed by atoms with E-state index in [4.69, 9.17) is 4.74 Å². The van der Waals surface area contributed by atoms with E-state index in [1.54, 1.807) is 0 Å². The number of nitrogens with zero attached hydrogens (tertiary/aromatic N) is 2. The highest BCUT2D eigenvalue weighted by Gasteiger charge is 2.26. The lowest BCUT2D eigenvalue weighted by Gasteiger charge is -2.32. The average Bonchev–Trinajstić information content (AvgIpc) is 3.01. The number of ether oxygens (including phenoxy) is 1. The second-order valence-electron chi connectivity index (χ2n) is 7.54. The first kappa shape index (κ1) is 18.3. The van der Waals surface area contributed by atoms with E-state index in [9.17, 15) is 9.59 Å². The molecule has 1 amide bonds. The van der Waals surface area contributed by atoms with Crippen LogP contribution in [0.1, 0.15) is 30.0 Å². The maximum absolute atomic E-state index is 12.5. The molecule has 0 unspecified atom stereocenters. The van der Waals surface area contributed by atoms with E-state index in [0.29, 0.717) is 13.1 Å². The zero-order valence-corrected chi connectivity index (χ0v) is 16.3. The van der Waals surface area contributed by atoms with Crippen LogP contribution >= 0.6 is 0 Å². The molecule has 1 aliphatic heterocycles. The number of aryl methyl sites for hydroxylation is 2. The summed E-state index contributed by atoms with van der Waals surface area (Å²) in [6.45, 7) is 5.33. The van der Waals surface area contributed by atoms with Gasteiger partial charge in [0.15, 0.2) is 6.61 Å². The van der Waals surface area contributed by atoms with E-state index in [-0.39, 0.29) is 24.2 Å². The maximum atomic E-state index is 12.5. The molecule has 0 radical (unpaired) electrons. The molecule has 0 atom stereocenters. The first-order valence-corrected chi connectivity index (χ1v) is 9.69. The maximum Gasteiger partial charge on any atom is 0.326 e. The first-order valence-electron chi connectivity index (χ1n) is 9.69. The van der Waals surface area contributed by atoms with E-state index in [2.05, 4.69) is 11.1 Å². The van der Waals surface area contributed by atoms with Crippen molar-refractivity contribution in [2.75, 3.05) is 19.7 Å². The van der Waals surface area contributed by atoms with E-state index in [1.165, 1.54) is 0 Å². The number of aromatic nitrogens is 2. The topological polar surface area (TPSA) is 67.3 Å². The number of H-pyrrole nitrogens is 1. The second kappa shape index (κ2) is 7.54. The van der Waals surface area contributed by atoms with Gasteiger partial charge in [-0.2, -0.15) is 0 Å². The van der Waals surface area contributed by atoms with Crippen LogP contribution in [0.3, 0.4) is 0 Å². The summed E-state index contributed by atoms with van der Waals surface area (Å²) >= 11 is 0. The molecule has 146 valence electrons. The van der Waals surface area contributed by atoms with Crippen molar-refractivity contribution in [3.05, 3.63) is 64.1 Å². The van der Waals surface area contributed by atoms with Crippen LogP contribution in [-0.4, -0.2) is 40.1 Å². The highest BCUT2D eigenvalue weighted by atomic mass is 16.5. The minimum atomic E-state index is -0.0795. The number of imidazole rings is 1. The molecule has 0 aliphatic carbocycles. The highest BCUT2D eigenvalue weighted by molar-refractivity contribution is 5.78. The van der Waals surface area contributed by atoms with Crippen molar-refractivity contribution in [2.24, 2.45) is 0 Å². The normalized spacial score (nSPS) is 15.1. The number of hydrogen-bond donors (Lipinski definition) is 1. The summed E-state index contributed by atoms with van der Waals surface area (Å²) in [6, 6.07) is 13.8. The molecule has 3 aromatic rings. The van der Waals surface area contributed by atoms with E-state index < -0.39 is 0 Å². The summed E-state index contributed by atoms with van der Waals surface area (Å²) in [4.78, 5) is 29.7. The zero-order chi connectivity index (χ0) is 19.7. The van der Waals surface area contributed by atoms with Crippen LogP contribution in [0, 0.1) is 13.8 Å². The Balaban J connectivity index is 1.37. The minimum absolute atomic E-state index is 0.0103. The second-order valence-corrected chi connectivity index (χ2v) is 7.54. The van der Waals surface area contributed by atoms with Crippen molar-refractivity contribution in [2.45, 2.75) is 32.7 Å². The number of nitrogens with one attached hydrogen (secondary N) is 1. The van der Waals surface area contributed by atoms with Crippen molar-refractivity contribution in [3.63, 3.8) is 0 Å². The number of benzene rings is 2. The molecular formula is C22H25N3O3. The van der Waals surface area contributed by atoms with E-state index in [1.807, 2.05) is 59.7 Å². The zero-order valence-electron chi connectivity index (χ0n) is 16.3. The van der Waals surface area contributed by atoms with Gasteiger partial charge in [0.2, 0.25) is 0 Å². The Kier molecular flexibility index (Phi) is 4.94. The van der Waals surface area contributed by atoms with Gasteiger partial charge in [-0.05, 0) is 62.1 Å². The molecule has 1 saturated heterocycles. The van der Waals surface area contributed by atoms with Crippen molar-refractivity contribution in [3.8, 4) is 5.75 Å². The lowest BCUT2D eigenvalue weighted by molar-refractivity contribution is -0.134. The van der Waals surface area contributed by atoms with Gasteiger partial charge in [0.25, 0.3) is 5.91 Å². The Labute approximate surface area is 163 Å². The third-order valence-electron chi connectivity index (χ3n) is 5.36. The highest BCUT2D eigenvalue weighted by Crippen LogP contribution is 2.25. The minimum Gasteiger partial charge on any atom is -0.484 e. The number of fused-ring (bicyclic) bond motifs is 1. The van der Waals surface area contributed by atoms with E-state index >= 15 is 0 Å². The predicted molar refractivity (Wildman–Crippen MR) is 109 cm³/mol. The van der Waals surface area contributed by atoms with Gasteiger partial charge >= 0.3 is 5.69 Å². The fraction of sp³-hybridized carbons (Fsp3) is 0.364. The Bertz CT molecular complexity index is 1040. The number of para-hydroxylation sites is 2. The molecule has 6 nitrogen and oxygen atoms in total. The van der Waals surface area contributed by atoms with Gasteiger partial charge in [0, 0.05) is 19.1 Å². The monoisotopic (exact) mass is 379 g/mol. The van der Waals surface area contributed by atoms with Gasteiger partial charge < -0.3 is 14.6 Å². The fourth-order valence-corrected chi connectivity index (χ4v) is 4.06. The Morgan fingerprint density at radius 1 is 1.11 bits per heavy atom.